The van der Waals surface area contributed by atoms with Crippen molar-refractivity contribution in [2.45, 2.75) is 50.8 Å². The van der Waals surface area contributed by atoms with E-state index >= 15 is 0 Å². The molecule has 5 N–H and O–H groups in total. The van der Waals surface area contributed by atoms with Crippen LogP contribution in [-0.2, 0) is 5.79 Å². The van der Waals surface area contributed by atoms with Gasteiger partial charge >= 0.3 is 0 Å². The van der Waals surface area contributed by atoms with E-state index in [1.54, 1.807) is 6.92 Å². The second kappa shape index (κ2) is 6.36. The number of aliphatic hydroxyl groups excluding tert-OH is 3. The van der Waals surface area contributed by atoms with Crippen LogP contribution in [-0.4, -0.2) is 47.7 Å². The predicted octanol–water partition coefficient (Wildman–Crippen LogP) is -0.811. The molecule has 1 heterocycles. The molecule has 108 valence electrons. The van der Waals surface area contributed by atoms with Gasteiger partial charge in [0.15, 0.2) is 0 Å². The first-order valence-corrected chi connectivity index (χ1v) is 6.11. The average molecular weight is 272 g/mol. The molecule has 0 aromatic carbocycles. The minimum absolute atomic E-state index is 0.0329. The molecular formula is C12H20N2O5. The molecule has 3 unspecified atom stereocenters. The molecule has 19 heavy (non-hydrogen) atoms. The minimum atomic E-state index is -2.13. The zero-order valence-electron chi connectivity index (χ0n) is 10.9. The third kappa shape index (κ3) is 3.92. The maximum atomic E-state index is 9.80. The summed E-state index contributed by atoms with van der Waals surface area (Å²) < 4.78 is 0. The number of rotatable bonds is 6. The Morgan fingerprint density at radius 1 is 1.21 bits per heavy atom. The van der Waals surface area contributed by atoms with E-state index in [0.29, 0.717) is 6.42 Å². The topological polar surface area (TPSA) is 127 Å². The molecule has 0 aliphatic rings. The standard InChI is InChI=1S/C12H20N2O5/c1-3-4-12(18,19)9-6-13-5-8(14-9)11(17)10(16)7(2)15/h5-7,10-11,15-19H,3-4H2,1-2H3. The van der Waals surface area contributed by atoms with Crippen molar-refractivity contribution in [1.82, 2.24) is 9.97 Å². The smallest absolute Gasteiger partial charge is 0.208 e. The number of aromatic nitrogens is 2. The van der Waals surface area contributed by atoms with Crippen LogP contribution in [0.4, 0.5) is 0 Å². The number of aliphatic hydroxyl groups is 5. The summed E-state index contributed by atoms with van der Waals surface area (Å²) >= 11 is 0. The van der Waals surface area contributed by atoms with Gasteiger partial charge in [0.05, 0.1) is 24.2 Å². The van der Waals surface area contributed by atoms with E-state index < -0.39 is 24.1 Å². The van der Waals surface area contributed by atoms with E-state index in [1.807, 2.05) is 0 Å². The second-order valence-corrected chi connectivity index (χ2v) is 4.57. The Morgan fingerprint density at radius 2 is 1.84 bits per heavy atom. The van der Waals surface area contributed by atoms with Gasteiger partial charge in [-0.25, -0.2) is 4.98 Å². The molecule has 0 fully saturated rings. The maximum absolute atomic E-state index is 9.80. The van der Waals surface area contributed by atoms with E-state index in [1.165, 1.54) is 19.3 Å². The van der Waals surface area contributed by atoms with Gasteiger partial charge in [-0.15, -0.1) is 0 Å². The summed E-state index contributed by atoms with van der Waals surface area (Å²) in [5.74, 6) is -2.13. The Balaban J connectivity index is 3.00. The first-order valence-electron chi connectivity index (χ1n) is 6.11. The lowest BCUT2D eigenvalue weighted by Crippen LogP contribution is -2.32. The van der Waals surface area contributed by atoms with Crippen LogP contribution < -0.4 is 0 Å². The highest BCUT2D eigenvalue weighted by Gasteiger charge is 2.30. The lowest BCUT2D eigenvalue weighted by Gasteiger charge is -2.23. The molecule has 0 aliphatic carbocycles. The van der Waals surface area contributed by atoms with Crippen molar-refractivity contribution in [2.75, 3.05) is 0 Å². The van der Waals surface area contributed by atoms with Gasteiger partial charge in [0.1, 0.15) is 17.9 Å². The Kier molecular flexibility index (Phi) is 5.33. The summed E-state index contributed by atoms with van der Waals surface area (Å²) in [5, 5.41) is 48.2. The molecule has 0 radical (unpaired) electrons. The monoisotopic (exact) mass is 272 g/mol. The third-order valence-electron chi connectivity index (χ3n) is 2.78. The zero-order valence-corrected chi connectivity index (χ0v) is 10.9. The van der Waals surface area contributed by atoms with Gasteiger partial charge in [-0.05, 0) is 6.92 Å². The second-order valence-electron chi connectivity index (χ2n) is 4.57. The van der Waals surface area contributed by atoms with E-state index in [-0.39, 0.29) is 17.8 Å². The summed E-state index contributed by atoms with van der Waals surface area (Å²) in [5.41, 5.74) is -0.141. The van der Waals surface area contributed by atoms with Gasteiger partial charge in [-0.1, -0.05) is 13.3 Å². The first kappa shape index (κ1) is 15.9. The fourth-order valence-corrected chi connectivity index (χ4v) is 1.63. The molecule has 1 aromatic heterocycles. The molecule has 0 bridgehead atoms. The van der Waals surface area contributed by atoms with E-state index in [2.05, 4.69) is 9.97 Å². The van der Waals surface area contributed by atoms with E-state index in [9.17, 15) is 25.5 Å². The predicted molar refractivity (Wildman–Crippen MR) is 65.7 cm³/mol. The Hall–Kier alpha value is -1.12. The molecule has 1 rings (SSSR count). The lowest BCUT2D eigenvalue weighted by atomic mass is 10.1. The van der Waals surface area contributed by atoms with Gasteiger partial charge < -0.3 is 25.5 Å². The highest BCUT2D eigenvalue weighted by atomic mass is 16.5. The van der Waals surface area contributed by atoms with Crippen LogP contribution in [0, 0.1) is 0 Å². The van der Waals surface area contributed by atoms with Crippen molar-refractivity contribution >= 4 is 0 Å². The minimum Gasteiger partial charge on any atom is -0.391 e. The van der Waals surface area contributed by atoms with Crippen molar-refractivity contribution in [2.24, 2.45) is 0 Å². The maximum Gasteiger partial charge on any atom is 0.208 e. The van der Waals surface area contributed by atoms with E-state index in [0.717, 1.165) is 0 Å². The molecule has 7 nitrogen and oxygen atoms in total. The summed E-state index contributed by atoms with van der Waals surface area (Å²) in [7, 11) is 0. The van der Waals surface area contributed by atoms with Crippen molar-refractivity contribution in [3.05, 3.63) is 23.8 Å². The number of hydrogen-bond acceptors (Lipinski definition) is 7. The molecule has 0 aliphatic heterocycles. The number of nitrogens with zero attached hydrogens (tertiary/aromatic N) is 2. The van der Waals surface area contributed by atoms with Crippen LogP contribution in [0.3, 0.4) is 0 Å². The van der Waals surface area contributed by atoms with Gasteiger partial charge in [0.25, 0.3) is 0 Å². The van der Waals surface area contributed by atoms with Crippen LogP contribution in [0.5, 0.6) is 0 Å². The van der Waals surface area contributed by atoms with Crippen molar-refractivity contribution in [3.8, 4) is 0 Å². The van der Waals surface area contributed by atoms with Crippen LogP contribution in [0.25, 0.3) is 0 Å². The highest BCUT2D eigenvalue weighted by molar-refractivity contribution is 5.11. The average Bonchev–Trinajstić information content (AvgIpc) is 2.37. The van der Waals surface area contributed by atoms with Crippen LogP contribution in [0.2, 0.25) is 0 Å². The molecule has 0 saturated carbocycles. The van der Waals surface area contributed by atoms with Gasteiger partial charge in [0, 0.05) is 6.42 Å². The van der Waals surface area contributed by atoms with Crippen LogP contribution in [0.15, 0.2) is 12.4 Å². The zero-order chi connectivity index (χ0) is 14.6. The van der Waals surface area contributed by atoms with Gasteiger partial charge in [-0.3, -0.25) is 4.98 Å². The Bertz CT molecular complexity index is 411. The fourth-order valence-electron chi connectivity index (χ4n) is 1.63. The van der Waals surface area contributed by atoms with Crippen LogP contribution >= 0.6 is 0 Å². The normalized spacial score (nSPS) is 17.0. The van der Waals surface area contributed by atoms with Gasteiger partial charge in [0.2, 0.25) is 5.79 Å². The summed E-state index contributed by atoms with van der Waals surface area (Å²) in [6.07, 6.45) is -1.06. The van der Waals surface area contributed by atoms with E-state index in [4.69, 9.17) is 0 Å². The molecule has 0 saturated heterocycles. The third-order valence-corrected chi connectivity index (χ3v) is 2.78. The van der Waals surface area contributed by atoms with Crippen molar-refractivity contribution in [3.63, 3.8) is 0 Å². The lowest BCUT2D eigenvalue weighted by molar-refractivity contribution is -0.178. The Morgan fingerprint density at radius 3 is 2.37 bits per heavy atom. The Labute approximate surface area is 111 Å². The fraction of sp³-hybridized carbons (Fsp3) is 0.667. The quantitative estimate of drug-likeness (QED) is 0.428. The molecule has 3 atom stereocenters. The first-order chi connectivity index (χ1) is 8.79. The molecule has 0 spiro atoms. The molecule has 7 heteroatoms. The highest BCUT2D eigenvalue weighted by Crippen LogP contribution is 2.23. The van der Waals surface area contributed by atoms with Crippen molar-refractivity contribution < 1.29 is 25.5 Å². The molecule has 1 aromatic rings. The SMILES string of the molecule is CCCC(O)(O)c1cncc(C(O)C(O)C(C)O)n1. The van der Waals surface area contributed by atoms with Gasteiger partial charge in [-0.2, -0.15) is 0 Å². The van der Waals surface area contributed by atoms with Crippen LogP contribution in [0.1, 0.15) is 44.2 Å². The van der Waals surface area contributed by atoms with Crippen molar-refractivity contribution in [1.29, 1.82) is 0 Å². The number of hydrogen-bond donors (Lipinski definition) is 5. The summed E-state index contributed by atoms with van der Waals surface area (Å²) in [6.45, 7) is 3.11. The molecule has 0 amide bonds. The summed E-state index contributed by atoms with van der Waals surface area (Å²) in [4.78, 5) is 7.64. The largest absolute Gasteiger partial charge is 0.391 e. The molecular weight excluding hydrogens is 252 g/mol. The summed E-state index contributed by atoms with van der Waals surface area (Å²) in [6, 6.07) is 0.